The molecule has 0 saturated carbocycles. The molecule has 0 aromatic heterocycles. The van der Waals surface area contributed by atoms with Crippen LogP contribution < -0.4 is 4.74 Å². The molecule has 0 amide bonds. The number of hydrogen-bond donors (Lipinski definition) is 3. The van der Waals surface area contributed by atoms with Crippen molar-refractivity contribution in [2.75, 3.05) is 7.11 Å². The molecule has 0 fully saturated rings. The van der Waals surface area contributed by atoms with Gasteiger partial charge in [0.1, 0.15) is 28.6 Å². The van der Waals surface area contributed by atoms with E-state index >= 15 is 0 Å². The van der Waals surface area contributed by atoms with Gasteiger partial charge in [0, 0.05) is 17.5 Å². The van der Waals surface area contributed by atoms with Crippen molar-refractivity contribution in [1.29, 1.82) is 0 Å². The quantitative estimate of drug-likeness (QED) is 0.737. The molecule has 0 radical (unpaired) electrons. The maximum absolute atomic E-state index is 12.4. The minimum absolute atomic E-state index is 0.0698. The van der Waals surface area contributed by atoms with Crippen LogP contribution in [-0.4, -0.2) is 28.2 Å². The van der Waals surface area contributed by atoms with Crippen molar-refractivity contribution in [3.63, 3.8) is 0 Å². The van der Waals surface area contributed by atoms with Crippen molar-refractivity contribution in [3.8, 4) is 23.0 Å². The van der Waals surface area contributed by atoms with E-state index in [1.54, 1.807) is 38.1 Å². The Morgan fingerprint density at radius 2 is 1.52 bits per heavy atom. The summed E-state index contributed by atoms with van der Waals surface area (Å²) in [7, 11) is 1.44. The molecule has 0 aliphatic rings. The fourth-order valence-electron chi connectivity index (χ4n) is 2.60. The van der Waals surface area contributed by atoms with E-state index in [2.05, 4.69) is 0 Å². The molecule has 0 saturated heterocycles. The number of methoxy groups -OCH3 is 1. The Hall–Kier alpha value is -2.69. The molecule has 0 aliphatic heterocycles. The fourth-order valence-corrected chi connectivity index (χ4v) is 2.60. The molecule has 2 aromatic carbocycles. The molecule has 3 N–H and O–H groups in total. The van der Waals surface area contributed by atoms with Gasteiger partial charge < -0.3 is 20.1 Å². The predicted molar refractivity (Wildman–Crippen MR) is 86.6 cm³/mol. The predicted octanol–water partition coefficient (Wildman–Crippen LogP) is 3.24. The lowest BCUT2D eigenvalue weighted by atomic mass is 9.96. The first-order chi connectivity index (χ1) is 10.9. The molecule has 2 aromatic rings. The van der Waals surface area contributed by atoms with Crippen LogP contribution in [-0.2, 0) is 6.42 Å². The molecule has 0 heterocycles. The third-order valence-corrected chi connectivity index (χ3v) is 3.93. The van der Waals surface area contributed by atoms with E-state index in [-0.39, 0.29) is 35.0 Å². The van der Waals surface area contributed by atoms with Gasteiger partial charge in [-0.15, -0.1) is 0 Å². The summed E-state index contributed by atoms with van der Waals surface area (Å²) in [6.45, 7) is 3.27. The number of carbonyl (C=O) groups is 1. The maximum atomic E-state index is 12.4. The topological polar surface area (TPSA) is 87.0 Å². The van der Waals surface area contributed by atoms with Crippen LogP contribution in [0, 0.1) is 13.8 Å². The van der Waals surface area contributed by atoms with Crippen molar-refractivity contribution in [3.05, 3.63) is 46.5 Å². The molecule has 2 rings (SSSR count). The van der Waals surface area contributed by atoms with Gasteiger partial charge in [-0.25, -0.2) is 0 Å². The number of phenols is 3. The van der Waals surface area contributed by atoms with Crippen LogP contribution in [0.1, 0.15) is 33.5 Å². The highest BCUT2D eigenvalue weighted by Gasteiger charge is 2.24. The molecule has 0 bridgehead atoms. The maximum Gasteiger partial charge on any atom is 0.170 e. The van der Waals surface area contributed by atoms with E-state index in [0.29, 0.717) is 23.3 Å². The molecule has 122 valence electrons. The summed E-state index contributed by atoms with van der Waals surface area (Å²) < 4.78 is 5.16. The van der Waals surface area contributed by atoms with Gasteiger partial charge >= 0.3 is 0 Å². The molecule has 0 atom stereocenters. The minimum atomic E-state index is -0.345. The van der Waals surface area contributed by atoms with Gasteiger partial charge in [-0.1, -0.05) is 12.1 Å². The first kappa shape index (κ1) is 16.7. The van der Waals surface area contributed by atoms with E-state index in [1.165, 1.54) is 7.11 Å². The van der Waals surface area contributed by atoms with Crippen LogP contribution in [0.25, 0.3) is 0 Å². The van der Waals surface area contributed by atoms with Crippen LogP contribution in [0.2, 0.25) is 0 Å². The van der Waals surface area contributed by atoms with Gasteiger partial charge in [-0.05, 0) is 38.0 Å². The van der Waals surface area contributed by atoms with Crippen LogP contribution >= 0.6 is 0 Å². The van der Waals surface area contributed by atoms with E-state index in [1.807, 2.05) is 0 Å². The highest BCUT2D eigenvalue weighted by molar-refractivity contribution is 6.02. The second-order valence-electron chi connectivity index (χ2n) is 5.45. The number of hydrogen-bond acceptors (Lipinski definition) is 5. The molecular weight excluding hydrogens is 296 g/mol. The molecule has 5 heteroatoms. The number of ketones is 1. The lowest BCUT2D eigenvalue weighted by molar-refractivity contribution is 0.0977. The molecule has 5 nitrogen and oxygen atoms in total. The summed E-state index contributed by atoms with van der Waals surface area (Å²) in [6, 6.07) is 6.56. The highest BCUT2D eigenvalue weighted by Crippen LogP contribution is 2.42. The Morgan fingerprint density at radius 3 is 2.00 bits per heavy atom. The van der Waals surface area contributed by atoms with Crippen LogP contribution in [0.5, 0.6) is 23.0 Å². The van der Waals surface area contributed by atoms with Crippen molar-refractivity contribution >= 4 is 5.78 Å². The Kier molecular flexibility index (Phi) is 4.79. The SMILES string of the molecule is COc1c(C)c(O)c(C(=O)CCc2ccc(O)cc2)c(O)c1C. The third-order valence-electron chi connectivity index (χ3n) is 3.93. The third kappa shape index (κ3) is 3.23. The summed E-state index contributed by atoms with van der Waals surface area (Å²) >= 11 is 0. The van der Waals surface area contributed by atoms with Gasteiger partial charge in [0.2, 0.25) is 0 Å². The van der Waals surface area contributed by atoms with Gasteiger partial charge in [0.15, 0.2) is 5.78 Å². The second kappa shape index (κ2) is 6.60. The Labute approximate surface area is 134 Å². The zero-order valence-corrected chi connectivity index (χ0v) is 13.4. The number of ether oxygens (including phenoxy) is 1. The van der Waals surface area contributed by atoms with Crippen LogP contribution in [0.4, 0.5) is 0 Å². The normalized spacial score (nSPS) is 10.6. The first-order valence-electron chi connectivity index (χ1n) is 7.27. The second-order valence-corrected chi connectivity index (χ2v) is 5.45. The van der Waals surface area contributed by atoms with Gasteiger partial charge in [-0.3, -0.25) is 4.79 Å². The largest absolute Gasteiger partial charge is 0.508 e. The number of Topliss-reactive ketones (excluding diaryl/α,β-unsaturated/α-hetero) is 1. The molecular formula is C18H20O5. The number of rotatable bonds is 5. The number of phenolic OH excluding ortho intramolecular Hbond substituents is 3. The lowest BCUT2D eigenvalue weighted by Gasteiger charge is -2.16. The summed E-state index contributed by atoms with van der Waals surface area (Å²) in [5, 5.41) is 29.7. The highest BCUT2D eigenvalue weighted by atomic mass is 16.5. The minimum Gasteiger partial charge on any atom is -0.508 e. The molecule has 0 aliphatic carbocycles. The molecule has 0 spiro atoms. The summed E-state index contributed by atoms with van der Waals surface area (Å²) in [5.74, 6) is -0.310. The summed E-state index contributed by atoms with van der Waals surface area (Å²) in [5.41, 5.74) is 1.67. The standard InChI is InChI=1S/C18H20O5/c1-10-16(21)15(17(22)11(2)18(10)23-3)14(20)9-6-12-4-7-13(19)8-5-12/h4-5,7-8,19,21-22H,6,9H2,1-3H3. The van der Waals surface area contributed by atoms with E-state index in [0.717, 1.165) is 5.56 Å². The van der Waals surface area contributed by atoms with Crippen LogP contribution in [0.3, 0.4) is 0 Å². The number of benzene rings is 2. The molecule has 23 heavy (non-hydrogen) atoms. The zero-order chi connectivity index (χ0) is 17.1. The molecule has 0 unspecified atom stereocenters. The summed E-state index contributed by atoms with van der Waals surface area (Å²) in [4.78, 5) is 12.4. The van der Waals surface area contributed by atoms with Crippen molar-refractivity contribution in [2.45, 2.75) is 26.7 Å². The smallest absolute Gasteiger partial charge is 0.170 e. The van der Waals surface area contributed by atoms with Crippen molar-refractivity contribution < 1.29 is 24.9 Å². The first-order valence-corrected chi connectivity index (χ1v) is 7.27. The van der Waals surface area contributed by atoms with Gasteiger partial charge in [0.05, 0.1) is 7.11 Å². The Morgan fingerprint density at radius 1 is 1.00 bits per heavy atom. The van der Waals surface area contributed by atoms with Gasteiger partial charge in [0.25, 0.3) is 0 Å². The Balaban J connectivity index is 2.27. The van der Waals surface area contributed by atoms with E-state index in [9.17, 15) is 20.1 Å². The average molecular weight is 316 g/mol. The fraction of sp³-hybridized carbons (Fsp3) is 0.278. The van der Waals surface area contributed by atoms with Crippen molar-refractivity contribution in [1.82, 2.24) is 0 Å². The average Bonchev–Trinajstić information content (AvgIpc) is 2.53. The van der Waals surface area contributed by atoms with Crippen molar-refractivity contribution in [2.24, 2.45) is 0 Å². The summed E-state index contributed by atoms with van der Waals surface area (Å²) in [6.07, 6.45) is 0.583. The van der Waals surface area contributed by atoms with E-state index < -0.39 is 0 Å². The lowest BCUT2D eigenvalue weighted by Crippen LogP contribution is -2.05. The van der Waals surface area contributed by atoms with E-state index in [4.69, 9.17) is 4.74 Å². The number of aromatic hydroxyl groups is 3. The zero-order valence-electron chi connectivity index (χ0n) is 13.4. The van der Waals surface area contributed by atoms with Crippen LogP contribution in [0.15, 0.2) is 24.3 Å². The number of aryl methyl sites for hydroxylation is 1. The monoisotopic (exact) mass is 316 g/mol. The number of carbonyl (C=O) groups excluding carboxylic acids is 1. The van der Waals surface area contributed by atoms with Gasteiger partial charge in [-0.2, -0.15) is 0 Å². The Bertz CT molecular complexity index is 703.